The first-order chi connectivity index (χ1) is 18.7. The van der Waals surface area contributed by atoms with E-state index < -0.39 is 27.4 Å². The lowest BCUT2D eigenvalue weighted by atomic mass is 10.1. The summed E-state index contributed by atoms with van der Waals surface area (Å²) in [6.07, 6.45) is 0. The van der Waals surface area contributed by atoms with Crippen molar-refractivity contribution in [3.05, 3.63) is 101 Å². The lowest BCUT2D eigenvalue weighted by molar-refractivity contribution is -0.384. The maximum Gasteiger partial charge on any atom is 0.269 e. The molecule has 0 fully saturated rings. The quantitative estimate of drug-likeness (QED) is 0.220. The minimum Gasteiger partial charge on any atom is -0.383 e. The zero-order valence-electron chi connectivity index (χ0n) is 21.4. The number of hydrogen-bond acceptors (Lipinski definition) is 7. The molecule has 4 aromatic rings. The summed E-state index contributed by atoms with van der Waals surface area (Å²) in [4.78, 5) is 23.4. The summed E-state index contributed by atoms with van der Waals surface area (Å²) < 4.78 is 34.2. The number of nitro benzene ring substituents is 1. The number of nitro groups is 1. The number of methoxy groups -OCH3 is 1. The predicted octanol–water partition coefficient (Wildman–Crippen LogP) is 4.03. The van der Waals surface area contributed by atoms with E-state index in [-0.39, 0.29) is 23.7 Å². The number of benzene rings is 3. The number of carbonyl (C=O) groups excluding carboxylic acids is 1. The molecule has 0 aliphatic heterocycles. The van der Waals surface area contributed by atoms with Crippen LogP contribution in [0.2, 0.25) is 0 Å². The van der Waals surface area contributed by atoms with E-state index in [0.717, 1.165) is 39.7 Å². The molecule has 202 valence electrons. The van der Waals surface area contributed by atoms with Gasteiger partial charge in [0.25, 0.3) is 5.69 Å². The molecule has 1 aromatic heterocycles. The molecule has 1 N–H and O–H groups in total. The van der Waals surface area contributed by atoms with E-state index in [4.69, 9.17) is 4.74 Å². The lowest BCUT2D eigenvalue weighted by Crippen LogP contribution is -2.40. The number of carbonyl (C=O) groups is 1. The minimum atomic E-state index is -4.16. The first-order valence-corrected chi connectivity index (χ1v) is 13.4. The van der Waals surface area contributed by atoms with Gasteiger partial charge in [0.15, 0.2) is 0 Å². The maximum absolute atomic E-state index is 13.3. The Labute approximate surface area is 225 Å². The Kier molecular flexibility index (Phi) is 8.49. The number of hydrogen-bond donors (Lipinski definition) is 1. The topological polar surface area (TPSA) is 137 Å². The number of amides is 1. The molecule has 0 saturated heterocycles. The maximum atomic E-state index is 13.3. The molecular weight excluding hydrogens is 522 g/mol. The van der Waals surface area contributed by atoms with E-state index in [1.54, 1.807) is 10.7 Å². The van der Waals surface area contributed by atoms with E-state index in [1.807, 2.05) is 61.5 Å². The Hall–Kier alpha value is -4.39. The Balaban J connectivity index is 1.62. The van der Waals surface area contributed by atoms with Gasteiger partial charge >= 0.3 is 0 Å². The van der Waals surface area contributed by atoms with Crippen LogP contribution in [0.4, 0.5) is 11.5 Å². The van der Waals surface area contributed by atoms with Gasteiger partial charge in [0.2, 0.25) is 15.9 Å². The molecule has 3 aromatic carbocycles. The summed E-state index contributed by atoms with van der Waals surface area (Å²) in [7, 11) is -2.74. The number of sulfonamides is 1. The van der Waals surface area contributed by atoms with Crippen LogP contribution in [0, 0.1) is 17.0 Å². The van der Waals surface area contributed by atoms with E-state index in [1.165, 1.54) is 7.11 Å². The second-order valence-electron chi connectivity index (χ2n) is 8.66. The third-order valence-corrected chi connectivity index (χ3v) is 7.73. The molecule has 0 aliphatic carbocycles. The molecule has 4 rings (SSSR count). The SMILES string of the molecule is COCCN(CC(=O)Nc1cc(-c2ccccc2)nn1-c1ccc(C)cc1)S(=O)(=O)c1ccc([N+](=O)[O-])cc1. The van der Waals surface area contributed by atoms with Crippen molar-refractivity contribution >= 4 is 27.4 Å². The van der Waals surface area contributed by atoms with Crippen molar-refractivity contribution in [3.63, 3.8) is 0 Å². The summed E-state index contributed by atoms with van der Waals surface area (Å²) in [5.41, 5.74) is 3.01. The summed E-state index contributed by atoms with van der Waals surface area (Å²) in [5.74, 6) is -0.230. The first kappa shape index (κ1) is 27.6. The molecule has 0 unspecified atom stereocenters. The van der Waals surface area contributed by atoms with E-state index in [2.05, 4.69) is 10.4 Å². The molecular formula is C27H27N5O6S. The Morgan fingerprint density at radius 2 is 1.72 bits per heavy atom. The lowest BCUT2D eigenvalue weighted by Gasteiger charge is -2.21. The van der Waals surface area contributed by atoms with Crippen LogP contribution in [0.1, 0.15) is 5.56 Å². The predicted molar refractivity (Wildman–Crippen MR) is 146 cm³/mol. The number of ether oxygens (including phenoxy) is 1. The Bertz CT molecular complexity index is 1550. The molecule has 39 heavy (non-hydrogen) atoms. The van der Waals surface area contributed by atoms with Gasteiger partial charge in [-0.1, -0.05) is 48.0 Å². The van der Waals surface area contributed by atoms with Gasteiger partial charge in [-0.25, -0.2) is 13.1 Å². The summed E-state index contributed by atoms with van der Waals surface area (Å²) in [6.45, 7) is 1.39. The molecule has 0 spiro atoms. The molecule has 12 heteroatoms. The van der Waals surface area contributed by atoms with Crippen LogP contribution >= 0.6 is 0 Å². The number of aromatic nitrogens is 2. The van der Waals surface area contributed by atoms with Crippen molar-refractivity contribution in [2.24, 2.45) is 0 Å². The van der Waals surface area contributed by atoms with Crippen LogP contribution in [0.3, 0.4) is 0 Å². The van der Waals surface area contributed by atoms with Gasteiger partial charge in [-0.05, 0) is 31.2 Å². The van der Waals surface area contributed by atoms with Crippen molar-refractivity contribution in [3.8, 4) is 16.9 Å². The van der Waals surface area contributed by atoms with Crippen LogP contribution in [0.25, 0.3) is 16.9 Å². The van der Waals surface area contributed by atoms with Crippen LogP contribution in [0.15, 0.2) is 89.8 Å². The molecule has 11 nitrogen and oxygen atoms in total. The van der Waals surface area contributed by atoms with E-state index in [9.17, 15) is 23.3 Å². The summed E-state index contributed by atoms with van der Waals surface area (Å²) in [5, 5.41) is 18.4. The number of anilines is 1. The Morgan fingerprint density at radius 1 is 1.05 bits per heavy atom. The fraction of sp³-hybridized carbons (Fsp3) is 0.185. The molecule has 0 bridgehead atoms. The highest BCUT2D eigenvalue weighted by molar-refractivity contribution is 7.89. The molecule has 0 aliphatic rings. The normalized spacial score (nSPS) is 11.5. The summed E-state index contributed by atoms with van der Waals surface area (Å²) in [6, 6.07) is 23.3. The second-order valence-corrected chi connectivity index (χ2v) is 10.6. The van der Waals surface area contributed by atoms with E-state index in [0.29, 0.717) is 17.2 Å². The third kappa shape index (κ3) is 6.55. The number of nitrogens with one attached hydrogen (secondary N) is 1. The van der Waals surface area contributed by atoms with Crippen LogP contribution in [0.5, 0.6) is 0 Å². The van der Waals surface area contributed by atoms with Crippen molar-refractivity contribution in [1.29, 1.82) is 0 Å². The third-order valence-electron chi connectivity index (χ3n) is 5.88. The second kappa shape index (κ2) is 12.0. The number of aryl methyl sites for hydroxylation is 1. The zero-order chi connectivity index (χ0) is 28.0. The van der Waals surface area contributed by atoms with Crippen molar-refractivity contribution in [2.75, 3.05) is 32.1 Å². The smallest absolute Gasteiger partial charge is 0.269 e. The van der Waals surface area contributed by atoms with Gasteiger partial charge < -0.3 is 10.1 Å². The fourth-order valence-electron chi connectivity index (χ4n) is 3.81. The minimum absolute atomic E-state index is 0.0406. The molecule has 1 heterocycles. The highest BCUT2D eigenvalue weighted by Gasteiger charge is 2.27. The van der Waals surface area contributed by atoms with Gasteiger partial charge in [-0.15, -0.1) is 0 Å². The number of rotatable bonds is 11. The van der Waals surface area contributed by atoms with Gasteiger partial charge in [-0.2, -0.15) is 9.40 Å². The van der Waals surface area contributed by atoms with Gasteiger partial charge in [0.05, 0.1) is 34.4 Å². The monoisotopic (exact) mass is 549 g/mol. The fourth-order valence-corrected chi connectivity index (χ4v) is 5.19. The van der Waals surface area contributed by atoms with Crippen LogP contribution in [-0.4, -0.2) is 60.1 Å². The molecule has 0 atom stereocenters. The first-order valence-electron chi connectivity index (χ1n) is 11.9. The zero-order valence-corrected chi connectivity index (χ0v) is 22.2. The molecule has 1 amide bonds. The van der Waals surface area contributed by atoms with Gasteiger partial charge in [-0.3, -0.25) is 14.9 Å². The Morgan fingerprint density at radius 3 is 2.33 bits per heavy atom. The van der Waals surface area contributed by atoms with Crippen molar-refractivity contribution in [1.82, 2.24) is 14.1 Å². The van der Waals surface area contributed by atoms with Crippen LogP contribution in [-0.2, 0) is 19.6 Å². The molecule has 0 radical (unpaired) electrons. The average molecular weight is 550 g/mol. The van der Waals surface area contributed by atoms with Gasteiger partial charge in [0, 0.05) is 37.4 Å². The molecule has 0 saturated carbocycles. The average Bonchev–Trinajstić information content (AvgIpc) is 3.35. The standard InChI is InChI=1S/C27H27N5O6S/c1-20-8-10-22(11-9-20)31-26(18-25(29-31)21-6-4-3-5-7-21)28-27(33)19-30(16-17-38-2)39(36,37)24-14-12-23(13-15-24)32(34)35/h3-15,18H,16-17,19H2,1-2H3,(H,28,33). The van der Waals surface area contributed by atoms with E-state index >= 15 is 0 Å². The highest BCUT2D eigenvalue weighted by Crippen LogP contribution is 2.25. The highest BCUT2D eigenvalue weighted by atomic mass is 32.2. The number of non-ortho nitro benzene ring substituents is 1. The van der Waals surface area contributed by atoms with Crippen LogP contribution < -0.4 is 5.32 Å². The number of nitrogens with zero attached hydrogens (tertiary/aromatic N) is 4. The van der Waals surface area contributed by atoms with Crippen molar-refractivity contribution < 1.29 is 22.9 Å². The van der Waals surface area contributed by atoms with Gasteiger partial charge in [0.1, 0.15) is 5.82 Å². The summed E-state index contributed by atoms with van der Waals surface area (Å²) >= 11 is 0. The largest absolute Gasteiger partial charge is 0.383 e. The van der Waals surface area contributed by atoms with Crippen molar-refractivity contribution in [2.45, 2.75) is 11.8 Å².